The fourth-order valence-electron chi connectivity index (χ4n) is 1.61. The van der Waals surface area contributed by atoms with Crippen molar-refractivity contribution in [3.63, 3.8) is 0 Å². The number of amides is 1. The average molecular weight is 235 g/mol. The molecule has 1 aromatic rings. The first-order valence-electron chi connectivity index (χ1n) is 5.32. The molecule has 1 atom stereocenters. The van der Waals surface area contributed by atoms with Gasteiger partial charge in [-0.1, -0.05) is 41.6 Å². The van der Waals surface area contributed by atoms with Gasteiger partial charge in [-0.15, -0.1) is 6.58 Å². The monoisotopic (exact) mass is 235 g/mol. The number of carbonyl (C=O) groups excluding carboxylic acids is 1. The number of rotatable bonds is 6. The van der Waals surface area contributed by atoms with E-state index in [-0.39, 0.29) is 11.8 Å². The van der Waals surface area contributed by atoms with Crippen LogP contribution in [0, 0.1) is 0 Å². The van der Waals surface area contributed by atoms with Crippen LogP contribution in [-0.4, -0.2) is 25.4 Å². The number of nitrogens with zero attached hydrogens (tertiary/aromatic N) is 1. The number of benzene rings is 1. The maximum atomic E-state index is 12.1. The molecule has 1 aromatic carbocycles. The molecule has 0 aliphatic carbocycles. The van der Waals surface area contributed by atoms with E-state index in [0.29, 0.717) is 6.42 Å². The molecule has 0 bridgehead atoms. The molecule has 0 aliphatic rings. The van der Waals surface area contributed by atoms with Gasteiger partial charge in [0.1, 0.15) is 0 Å². The van der Waals surface area contributed by atoms with E-state index in [0.717, 1.165) is 10.8 Å². The third kappa shape index (κ3) is 3.41. The summed E-state index contributed by atoms with van der Waals surface area (Å²) in [6, 6.07) is 9.49. The lowest BCUT2D eigenvalue weighted by Gasteiger charge is -2.22. The van der Waals surface area contributed by atoms with E-state index in [1.165, 1.54) is 14.2 Å². The van der Waals surface area contributed by atoms with Gasteiger partial charge >= 0.3 is 0 Å². The second kappa shape index (κ2) is 6.83. The molecular formula is C13H17NO3. The lowest BCUT2D eigenvalue weighted by atomic mass is 9.95. The van der Waals surface area contributed by atoms with Crippen LogP contribution in [0.15, 0.2) is 43.0 Å². The van der Waals surface area contributed by atoms with Gasteiger partial charge in [0.05, 0.1) is 20.1 Å². The van der Waals surface area contributed by atoms with Crippen LogP contribution in [0.4, 0.5) is 0 Å². The summed E-state index contributed by atoms with van der Waals surface area (Å²) < 4.78 is 0. The van der Waals surface area contributed by atoms with Crippen molar-refractivity contribution in [2.24, 2.45) is 0 Å². The van der Waals surface area contributed by atoms with Crippen molar-refractivity contribution in [1.29, 1.82) is 0 Å². The first-order valence-corrected chi connectivity index (χ1v) is 5.32. The van der Waals surface area contributed by atoms with Crippen LogP contribution in [0.2, 0.25) is 0 Å². The fourth-order valence-corrected chi connectivity index (χ4v) is 1.61. The number of carbonyl (C=O) groups is 1. The van der Waals surface area contributed by atoms with Gasteiger partial charge in [-0.3, -0.25) is 4.79 Å². The van der Waals surface area contributed by atoms with Crippen molar-refractivity contribution in [3.05, 3.63) is 48.6 Å². The fraction of sp³-hybridized carbons (Fsp3) is 0.308. The number of hydrogen-bond donors (Lipinski definition) is 0. The molecule has 0 heterocycles. The average Bonchev–Trinajstić information content (AvgIpc) is 2.38. The van der Waals surface area contributed by atoms with Crippen molar-refractivity contribution in [2.75, 3.05) is 14.2 Å². The second-order valence-electron chi connectivity index (χ2n) is 3.45. The SMILES string of the molecule is C=CC[C@H](C(=O)N(OC)OC)c1ccccc1. The molecule has 0 aromatic heterocycles. The van der Waals surface area contributed by atoms with E-state index < -0.39 is 0 Å². The lowest BCUT2D eigenvalue weighted by molar-refractivity contribution is -0.318. The molecule has 0 saturated heterocycles. The summed E-state index contributed by atoms with van der Waals surface area (Å²) in [5.74, 6) is -0.588. The Kier molecular flexibility index (Phi) is 5.39. The first-order chi connectivity index (χ1) is 8.24. The number of hydroxylamine groups is 2. The Morgan fingerprint density at radius 2 is 1.94 bits per heavy atom. The molecule has 0 N–H and O–H groups in total. The molecule has 0 spiro atoms. The molecule has 0 saturated carbocycles. The summed E-state index contributed by atoms with van der Waals surface area (Å²) in [6.07, 6.45) is 2.24. The van der Waals surface area contributed by atoms with Crippen molar-refractivity contribution in [1.82, 2.24) is 5.23 Å². The van der Waals surface area contributed by atoms with Gasteiger partial charge in [0.25, 0.3) is 5.91 Å². The van der Waals surface area contributed by atoms with Crippen molar-refractivity contribution >= 4 is 5.91 Å². The molecular weight excluding hydrogens is 218 g/mol. The zero-order valence-corrected chi connectivity index (χ0v) is 10.1. The predicted octanol–water partition coefficient (Wildman–Crippen LogP) is 2.30. The van der Waals surface area contributed by atoms with Gasteiger partial charge in [0.2, 0.25) is 0 Å². The topological polar surface area (TPSA) is 38.8 Å². The van der Waals surface area contributed by atoms with E-state index in [1.807, 2.05) is 30.3 Å². The second-order valence-corrected chi connectivity index (χ2v) is 3.45. The minimum Gasteiger partial charge on any atom is -0.269 e. The van der Waals surface area contributed by atoms with Gasteiger partial charge in [0, 0.05) is 0 Å². The van der Waals surface area contributed by atoms with E-state index in [2.05, 4.69) is 6.58 Å². The van der Waals surface area contributed by atoms with Crippen LogP contribution in [0.25, 0.3) is 0 Å². The minimum absolute atomic E-state index is 0.249. The maximum Gasteiger partial charge on any atom is 0.281 e. The molecule has 0 aliphatic heterocycles. The third-order valence-corrected chi connectivity index (χ3v) is 2.41. The molecule has 4 heteroatoms. The summed E-state index contributed by atoms with van der Waals surface area (Å²) in [5, 5.41) is 0.876. The van der Waals surface area contributed by atoms with E-state index in [9.17, 15) is 4.79 Å². The molecule has 0 fully saturated rings. The van der Waals surface area contributed by atoms with Gasteiger partial charge in [0.15, 0.2) is 0 Å². The standard InChI is InChI=1S/C13H17NO3/c1-4-8-12(11-9-6-5-7-10-11)13(15)14(16-2)17-3/h4-7,9-10,12H,1,8H2,2-3H3/t12-/m0/s1. The molecule has 1 rings (SSSR count). The largest absolute Gasteiger partial charge is 0.281 e. The Bertz CT molecular complexity index is 360. The molecule has 4 nitrogen and oxygen atoms in total. The van der Waals surface area contributed by atoms with Crippen LogP contribution in [0.3, 0.4) is 0 Å². The lowest BCUT2D eigenvalue weighted by Crippen LogP contribution is -2.33. The summed E-state index contributed by atoms with van der Waals surface area (Å²) in [5.41, 5.74) is 0.913. The highest BCUT2D eigenvalue weighted by atomic mass is 16.9. The van der Waals surface area contributed by atoms with Crippen LogP contribution in [-0.2, 0) is 14.5 Å². The maximum absolute atomic E-state index is 12.1. The number of hydrogen-bond acceptors (Lipinski definition) is 3. The highest BCUT2D eigenvalue weighted by Crippen LogP contribution is 2.22. The quantitative estimate of drug-likeness (QED) is 0.561. The van der Waals surface area contributed by atoms with Crippen LogP contribution < -0.4 is 0 Å². The summed E-state index contributed by atoms with van der Waals surface area (Å²) >= 11 is 0. The summed E-state index contributed by atoms with van der Waals surface area (Å²) in [4.78, 5) is 21.8. The summed E-state index contributed by atoms with van der Waals surface area (Å²) in [6.45, 7) is 3.67. The van der Waals surface area contributed by atoms with Crippen LogP contribution in [0.1, 0.15) is 17.9 Å². The highest BCUT2D eigenvalue weighted by Gasteiger charge is 2.25. The van der Waals surface area contributed by atoms with Crippen molar-refractivity contribution < 1.29 is 14.5 Å². The predicted molar refractivity (Wildman–Crippen MR) is 64.9 cm³/mol. The van der Waals surface area contributed by atoms with E-state index in [1.54, 1.807) is 6.08 Å². The van der Waals surface area contributed by atoms with E-state index in [4.69, 9.17) is 9.68 Å². The van der Waals surface area contributed by atoms with E-state index >= 15 is 0 Å². The Morgan fingerprint density at radius 3 is 2.41 bits per heavy atom. The Morgan fingerprint density at radius 1 is 1.35 bits per heavy atom. The zero-order chi connectivity index (χ0) is 12.7. The van der Waals surface area contributed by atoms with Crippen molar-refractivity contribution in [2.45, 2.75) is 12.3 Å². The Labute approximate surface area is 101 Å². The molecule has 0 unspecified atom stereocenters. The van der Waals surface area contributed by atoms with Gasteiger partial charge in [-0.2, -0.15) is 0 Å². The molecule has 17 heavy (non-hydrogen) atoms. The summed E-state index contributed by atoms with van der Waals surface area (Å²) in [7, 11) is 2.77. The Hall–Kier alpha value is -1.65. The first kappa shape index (κ1) is 13.4. The van der Waals surface area contributed by atoms with Crippen LogP contribution in [0.5, 0.6) is 0 Å². The van der Waals surface area contributed by atoms with Crippen LogP contribution >= 0.6 is 0 Å². The molecule has 0 radical (unpaired) electrons. The number of allylic oxidation sites excluding steroid dienone is 1. The molecule has 92 valence electrons. The zero-order valence-electron chi connectivity index (χ0n) is 10.1. The minimum atomic E-state index is -0.339. The van der Waals surface area contributed by atoms with Gasteiger partial charge in [-0.25, -0.2) is 9.68 Å². The Balaban J connectivity index is 2.93. The van der Waals surface area contributed by atoms with Crippen molar-refractivity contribution in [3.8, 4) is 0 Å². The van der Waals surface area contributed by atoms with Gasteiger partial charge in [-0.05, 0) is 12.0 Å². The third-order valence-electron chi connectivity index (χ3n) is 2.41. The van der Waals surface area contributed by atoms with Gasteiger partial charge < -0.3 is 0 Å². The smallest absolute Gasteiger partial charge is 0.269 e. The highest BCUT2D eigenvalue weighted by molar-refractivity contribution is 5.82. The normalized spacial score (nSPS) is 11.9. The molecule has 1 amide bonds.